The molecule has 1 unspecified atom stereocenters. The van der Waals surface area contributed by atoms with E-state index in [9.17, 15) is 4.79 Å². The van der Waals surface area contributed by atoms with E-state index >= 15 is 0 Å². The second kappa shape index (κ2) is 6.36. The van der Waals surface area contributed by atoms with E-state index in [2.05, 4.69) is 15.1 Å². The van der Waals surface area contributed by atoms with E-state index in [4.69, 9.17) is 10.3 Å². The maximum absolute atomic E-state index is 12.7. The summed E-state index contributed by atoms with van der Waals surface area (Å²) in [6.07, 6.45) is 7.00. The molecule has 3 aliphatic rings. The molecule has 2 N–H and O–H groups in total. The van der Waals surface area contributed by atoms with E-state index in [1.165, 1.54) is 0 Å². The molecule has 1 saturated heterocycles. The average Bonchev–Trinajstić information content (AvgIpc) is 3.46. The van der Waals surface area contributed by atoms with Gasteiger partial charge in [0.1, 0.15) is 11.9 Å². The smallest absolute Gasteiger partial charge is 0.300 e. The Morgan fingerprint density at radius 1 is 1.18 bits per heavy atom. The maximum Gasteiger partial charge on any atom is 0.300 e. The maximum atomic E-state index is 12.7. The molecule has 5 rings (SSSR count). The molecule has 4 heterocycles. The Bertz CT molecular complexity index is 1060. The number of rotatable bonds is 3. The first-order valence-electron chi connectivity index (χ1n) is 9.20. The van der Waals surface area contributed by atoms with E-state index in [0.29, 0.717) is 28.7 Å². The SMILES string of the molecule is N[N+]12C=C(c3cccc(C(=O)N4CCCC4)c3)N=CC1=NC(c1ccco1)=N2. The van der Waals surface area contributed by atoms with E-state index in [1.807, 2.05) is 29.2 Å². The Morgan fingerprint density at radius 2 is 2.04 bits per heavy atom. The van der Waals surface area contributed by atoms with Crippen LogP contribution in [-0.4, -0.2) is 46.5 Å². The number of carbonyl (C=O) groups is 1. The standard InChI is InChI=1S/C20H19N6O2/c21-26-13-16(22-12-18(26)23-19(24-26)17-7-4-10-28-17)14-5-3-6-15(11-14)20(27)25-8-1-2-9-25/h3-7,10-13H,1-2,8-9,21H2/q+1. The summed E-state index contributed by atoms with van der Waals surface area (Å²) in [6.45, 7) is 1.63. The summed E-state index contributed by atoms with van der Waals surface area (Å²) in [5.41, 5.74) is 2.10. The third kappa shape index (κ3) is 2.79. The zero-order valence-corrected chi connectivity index (χ0v) is 15.2. The van der Waals surface area contributed by atoms with Crippen LogP contribution in [0, 0.1) is 0 Å². The minimum atomic E-state index is -0.334. The van der Waals surface area contributed by atoms with Gasteiger partial charge in [-0.3, -0.25) is 4.79 Å². The van der Waals surface area contributed by atoms with E-state index < -0.39 is 0 Å². The van der Waals surface area contributed by atoms with Gasteiger partial charge in [0.05, 0.1) is 6.26 Å². The molecule has 0 radical (unpaired) electrons. The van der Waals surface area contributed by atoms with Crippen LogP contribution in [0.15, 0.2) is 68.4 Å². The Balaban J connectivity index is 1.47. The highest BCUT2D eigenvalue weighted by Crippen LogP contribution is 2.27. The van der Waals surface area contributed by atoms with Crippen molar-refractivity contribution in [1.82, 2.24) is 4.90 Å². The van der Waals surface area contributed by atoms with Crippen molar-refractivity contribution in [3.8, 4) is 0 Å². The van der Waals surface area contributed by atoms with Gasteiger partial charge in [-0.25, -0.2) is 4.99 Å². The monoisotopic (exact) mass is 375 g/mol. The van der Waals surface area contributed by atoms with E-state index in [1.54, 1.807) is 30.8 Å². The van der Waals surface area contributed by atoms with Crippen LogP contribution in [0.2, 0.25) is 0 Å². The number of furan rings is 1. The molecule has 8 nitrogen and oxygen atoms in total. The van der Waals surface area contributed by atoms with Gasteiger partial charge in [-0.05, 0) is 46.9 Å². The van der Waals surface area contributed by atoms with Crippen molar-refractivity contribution in [3.05, 3.63) is 65.7 Å². The molecule has 0 saturated carbocycles. The highest BCUT2D eigenvalue weighted by molar-refractivity contribution is 6.32. The first-order chi connectivity index (χ1) is 13.6. The molecule has 1 aromatic carbocycles. The molecule has 3 aliphatic heterocycles. The number of likely N-dealkylation sites (tertiary alicyclic amines) is 1. The third-order valence-electron chi connectivity index (χ3n) is 5.03. The van der Waals surface area contributed by atoms with Crippen molar-refractivity contribution in [2.24, 2.45) is 20.9 Å². The van der Waals surface area contributed by atoms with Crippen LogP contribution in [0.1, 0.15) is 34.5 Å². The second-order valence-corrected chi connectivity index (χ2v) is 6.96. The zero-order valence-electron chi connectivity index (χ0n) is 15.2. The molecule has 8 heteroatoms. The van der Waals surface area contributed by atoms with Gasteiger partial charge in [-0.1, -0.05) is 12.1 Å². The molecule has 1 atom stereocenters. The summed E-state index contributed by atoms with van der Waals surface area (Å²) in [5.74, 6) is 7.94. The van der Waals surface area contributed by atoms with Crippen LogP contribution in [0.3, 0.4) is 0 Å². The van der Waals surface area contributed by atoms with Crippen molar-refractivity contribution >= 4 is 29.5 Å². The molecular formula is C20H19N6O2+. The number of hydrogen-bond acceptors (Lipinski definition) is 6. The number of nitrogens with zero attached hydrogens (tertiary/aromatic N) is 5. The summed E-state index contributed by atoms with van der Waals surface area (Å²) in [5, 5.41) is 4.47. The molecule has 1 fully saturated rings. The number of aliphatic imine (C=N–C) groups is 2. The van der Waals surface area contributed by atoms with Gasteiger partial charge in [-0.2, -0.15) is 4.99 Å². The fourth-order valence-electron chi connectivity index (χ4n) is 3.56. The summed E-state index contributed by atoms with van der Waals surface area (Å²) < 4.78 is 5.03. The molecular weight excluding hydrogens is 356 g/mol. The van der Waals surface area contributed by atoms with Crippen LogP contribution in [0.5, 0.6) is 0 Å². The highest BCUT2D eigenvalue weighted by Gasteiger charge is 2.40. The van der Waals surface area contributed by atoms with Crippen LogP contribution in [0.25, 0.3) is 5.70 Å². The van der Waals surface area contributed by atoms with Crippen LogP contribution in [0.4, 0.5) is 0 Å². The first kappa shape index (κ1) is 16.8. The molecule has 2 aromatic rings. The van der Waals surface area contributed by atoms with Crippen molar-refractivity contribution in [1.29, 1.82) is 0 Å². The summed E-state index contributed by atoms with van der Waals surface area (Å²) in [4.78, 5) is 23.5. The van der Waals surface area contributed by atoms with Crippen molar-refractivity contribution in [2.75, 3.05) is 13.1 Å². The molecule has 0 spiro atoms. The molecule has 140 valence electrons. The first-order valence-corrected chi connectivity index (χ1v) is 9.20. The van der Waals surface area contributed by atoms with Crippen molar-refractivity contribution in [3.63, 3.8) is 0 Å². The topological polar surface area (TPSA) is 96.6 Å². The van der Waals surface area contributed by atoms with Crippen LogP contribution >= 0.6 is 0 Å². The molecule has 1 aromatic heterocycles. The lowest BCUT2D eigenvalue weighted by Gasteiger charge is -2.20. The average molecular weight is 375 g/mol. The summed E-state index contributed by atoms with van der Waals surface area (Å²) in [6, 6.07) is 11.0. The normalized spacial score (nSPS) is 23.3. The number of hydrogen-bond donors (Lipinski definition) is 1. The van der Waals surface area contributed by atoms with Gasteiger partial charge in [0, 0.05) is 24.2 Å². The fourth-order valence-corrected chi connectivity index (χ4v) is 3.56. The predicted molar refractivity (Wildman–Crippen MR) is 105 cm³/mol. The molecule has 0 bridgehead atoms. The fraction of sp³-hybridized carbons (Fsp3) is 0.200. The Morgan fingerprint density at radius 3 is 2.82 bits per heavy atom. The largest absolute Gasteiger partial charge is 0.461 e. The van der Waals surface area contributed by atoms with Gasteiger partial charge < -0.3 is 9.32 Å². The van der Waals surface area contributed by atoms with Crippen molar-refractivity contribution < 1.29 is 13.9 Å². The van der Waals surface area contributed by atoms with Crippen LogP contribution in [-0.2, 0) is 0 Å². The Kier molecular flexibility index (Phi) is 3.81. The third-order valence-corrected chi connectivity index (χ3v) is 5.03. The Labute approximate surface area is 161 Å². The summed E-state index contributed by atoms with van der Waals surface area (Å²) >= 11 is 0. The Hall–Kier alpha value is -3.36. The second-order valence-electron chi connectivity index (χ2n) is 6.96. The highest BCUT2D eigenvalue weighted by atomic mass is 16.3. The number of fused-ring (bicyclic) bond motifs is 1. The number of amidine groups is 2. The lowest BCUT2D eigenvalue weighted by atomic mass is 10.1. The summed E-state index contributed by atoms with van der Waals surface area (Å²) in [7, 11) is 0. The number of amides is 1. The lowest BCUT2D eigenvalue weighted by molar-refractivity contribution is -0.802. The van der Waals surface area contributed by atoms with Gasteiger partial charge in [0.15, 0.2) is 12.0 Å². The van der Waals surface area contributed by atoms with Crippen molar-refractivity contribution in [2.45, 2.75) is 12.8 Å². The molecule has 1 amide bonds. The number of benzene rings is 1. The number of nitrogens with two attached hydrogens (primary N) is 1. The number of quaternary nitrogens is 1. The van der Waals surface area contributed by atoms with E-state index in [0.717, 1.165) is 31.5 Å². The van der Waals surface area contributed by atoms with Gasteiger partial charge in [0.25, 0.3) is 17.6 Å². The van der Waals surface area contributed by atoms with Crippen LogP contribution < -0.4 is 5.84 Å². The van der Waals surface area contributed by atoms with Gasteiger partial charge in [-0.15, -0.1) is 5.84 Å². The van der Waals surface area contributed by atoms with E-state index in [-0.39, 0.29) is 10.6 Å². The zero-order chi connectivity index (χ0) is 19.1. The molecule has 0 aliphatic carbocycles. The lowest BCUT2D eigenvalue weighted by Crippen LogP contribution is -2.50. The van der Waals surface area contributed by atoms with Gasteiger partial charge in [0.2, 0.25) is 0 Å². The van der Waals surface area contributed by atoms with Gasteiger partial charge >= 0.3 is 0 Å². The minimum absolute atomic E-state index is 0.0536. The molecule has 28 heavy (non-hydrogen) atoms. The number of carbonyl (C=O) groups excluding carboxylic acids is 1. The quantitative estimate of drug-likeness (QED) is 0.659. The minimum Gasteiger partial charge on any atom is -0.461 e. The predicted octanol–water partition coefficient (Wildman–Crippen LogP) is 2.36.